The molecule has 100 valence electrons. The molecule has 2 rings (SSSR count). The minimum absolute atomic E-state index is 0.00387. The van der Waals surface area contributed by atoms with Crippen molar-refractivity contribution in [3.05, 3.63) is 42.2 Å². The SMILES string of the molecule is C[C@H](CNC(=O)CSc1ncn[nH]1)c1ccccc1. The molecule has 0 aliphatic heterocycles. The Hall–Kier alpha value is -1.82. The molecule has 0 fully saturated rings. The van der Waals surface area contributed by atoms with E-state index in [4.69, 9.17) is 0 Å². The van der Waals surface area contributed by atoms with E-state index in [2.05, 4.69) is 39.6 Å². The van der Waals surface area contributed by atoms with Gasteiger partial charge < -0.3 is 5.32 Å². The Morgan fingerprint density at radius 1 is 1.42 bits per heavy atom. The monoisotopic (exact) mass is 276 g/mol. The number of benzene rings is 1. The van der Waals surface area contributed by atoms with Crippen LogP contribution >= 0.6 is 11.8 Å². The van der Waals surface area contributed by atoms with Gasteiger partial charge in [0.25, 0.3) is 0 Å². The van der Waals surface area contributed by atoms with Gasteiger partial charge in [0.2, 0.25) is 5.91 Å². The van der Waals surface area contributed by atoms with Gasteiger partial charge in [-0.3, -0.25) is 9.89 Å². The molecule has 0 aliphatic rings. The van der Waals surface area contributed by atoms with Crippen LogP contribution in [0.15, 0.2) is 41.8 Å². The van der Waals surface area contributed by atoms with E-state index in [-0.39, 0.29) is 5.91 Å². The van der Waals surface area contributed by atoms with Crippen LogP contribution in [0.5, 0.6) is 0 Å². The van der Waals surface area contributed by atoms with Gasteiger partial charge in [-0.05, 0) is 11.5 Å². The molecule has 1 aromatic heterocycles. The standard InChI is InChI=1S/C13H16N4OS/c1-10(11-5-3-2-4-6-11)7-14-12(18)8-19-13-15-9-16-17-13/h2-6,9-10H,7-8H2,1H3,(H,14,18)(H,15,16,17)/t10-/m1/s1. The van der Waals surface area contributed by atoms with Crippen LogP contribution in [0.2, 0.25) is 0 Å². The molecule has 2 N–H and O–H groups in total. The maximum Gasteiger partial charge on any atom is 0.230 e. The first-order valence-corrected chi connectivity index (χ1v) is 7.04. The number of aromatic amines is 1. The third kappa shape index (κ3) is 4.40. The van der Waals surface area contributed by atoms with Gasteiger partial charge in [0.05, 0.1) is 5.75 Å². The van der Waals surface area contributed by atoms with Crippen LogP contribution in [0.3, 0.4) is 0 Å². The molecule has 0 radical (unpaired) electrons. The van der Waals surface area contributed by atoms with E-state index < -0.39 is 0 Å². The summed E-state index contributed by atoms with van der Waals surface area (Å²) in [4.78, 5) is 15.6. The molecule has 0 saturated heterocycles. The number of H-pyrrole nitrogens is 1. The third-order valence-corrected chi connectivity index (χ3v) is 3.58. The van der Waals surface area contributed by atoms with Crippen LogP contribution in [0.4, 0.5) is 0 Å². The fourth-order valence-electron chi connectivity index (χ4n) is 1.62. The van der Waals surface area contributed by atoms with Crippen molar-refractivity contribution in [2.75, 3.05) is 12.3 Å². The van der Waals surface area contributed by atoms with Crippen molar-refractivity contribution in [1.82, 2.24) is 20.5 Å². The van der Waals surface area contributed by atoms with Crippen molar-refractivity contribution in [2.45, 2.75) is 18.0 Å². The van der Waals surface area contributed by atoms with E-state index in [9.17, 15) is 4.79 Å². The number of aromatic nitrogens is 3. The summed E-state index contributed by atoms with van der Waals surface area (Å²) in [7, 11) is 0. The number of rotatable bonds is 6. The van der Waals surface area contributed by atoms with Crippen molar-refractivity contribution in [3.8, 4) is 0 Å². The first kappa shape index (κ1) is 13.6. The Labute approximate surface area is 116 Å². The van der Waals surface area contributed by atoms with Crippen molar-refractivity contribution in [1.29, 1.82) is 0 Å². The average molecular weight is 276 g/mol. The summed E-state index contributed by atoms with van der Waals surface area (Å²) in [6.45, 7) is 2.74. The van der Waals surface area contributed by atoms with Crippen molar-refractivity contribution < 1.29 is 4.79 Å². The second kappa shape index (κ2) is 6.94. The molecule has 6 heteroatoms. The number of nitrogens with zero attached hydrogens (tertiary/aromatic N) is 2. The Bertz CT molecular complexity index is 501. The zero-order valence-electron chi connectivity index (χ0n) is 10.7. The summed E-state index contributed by atoms with van der Waals surface area (Å²) in [5, 5.41) is 10.0. The molecular formula is C13H16N4OS. The van der Waals surface area contributed by atoms with Crippen LogP contribution in [0.25, 0.3) is 0 Å². The van der Waals surface area contributed by atoms with E-state index in [1.54, 1.807) is 0 Å². The normalized spacial score (nSPS) is 12.1. The highest BCUT2D eigenvalue weighted by Gasteiger charge is 2.08. The maximum atomic E-state index is 11.7. The molecule has 0 saturated carbocycles. The molecule has 0 bridgehead atoms. The predicted octanol–water partition coefficient (Wildman–Crippen LogP) is 1.82. The summed E-state index contributed by atoms with van der Waals surface area (Å²) < 4.78 is 0. The summed E-state index contributed by atoms with van der Waals surface area (Å²) >= 11 is 1.34. The summed E-state index contributed by atoms with van der Waals surface area (Å²) in [6.07, 6.45) is 1.43. The second-order valence-electron chi connectivity index (χ2n) is 4.20. The lowest BCUT2D eigenvalue weighted by molar-refractivity contribution is -0.118. The largest absolute Gasteiger partial charge is 0.355 e. The Balaban J connectivity index is 1.71. The maximum absolute atomic E-state index is 11.7. The summed E-state index contributed by atoms with van der Waals surface area (Å²) in [6, 6.07) is 10.1. The summed E-state index contributed by atoms with van der Waals surface area (Å²) in [5.74, 6) is 0.654. The molecule has 1 atom stereocenters. The lowest BCUT2D eigenvalue weighted by Crippen LogP contribution is -2.29. The first-order valence-electron chi connectivity index (χ1n) is 6.05. The quantitative estimate of drug-likeness (QED) is 0.789. The Morgan fingerprint density at radius 2 is 2.21 bits per heavy atom. The molecule has 19 heavy (non-hydrogen) atoms. The van der Waals surface area contributed by atoms with E-state index in [1.165, 1.54) is 23.7 Å². The molecule has 5 nitrogen and oxygen atoms in total. The number of nitrogens with one attached hydrogen (secondary N) is 2. The van der Waals surface area contributed by atoms with Crippen LogP contribution in [-0.2, 0) is 4.79 Å². The molecule has 0 unspecified atom stereocenters. The van der Waals surface area contributed by atoms with E-state index in [0.717, 1.165) is 0 Å². The minimum atomic E-state index is 0.00387. The van der Waals surface area contributed by atoms with Gasteiger partial charge in [-0.1, -0.05) is 49.0 Å². The average Bonchev–Trinajstić information content (AvgIpc) is 2.96. The number of carbonyl (C=O) groups excluding carboxylic acids is 1. The molecule has 2 aromatic rings. The van der Waals surface area contributed by atoms with Crippen molar-refractivity contribution >= 4 is 17.7 Å². The Morgan fingerprint density at radius 3 is 2.89 bits per heavy atom. The van der Waals surface area contributed by atoms with Gasteiger partial charge >= 0.3 is 0 Å². The number of amides is 1. The van der Waals surface area contributed by atoms with Gasteiger partial charge in [0, 0.05) is 6.54 Å². The van der Waals surface area contributed by atoms with E-state index in [1.807, 2.05) is 18.2 Å². The molecule has 1 heterocycles. The fourth-order valence-corrected chi connectivity index (χ4v) is 2.22. The third-order valence-electron chi connectivity index (χ3n) is 2.71. The van der Waals surface area contributed by atoms with Gasteiger partial charge in [-0.15, -0.1) is 0 Å². The van der Waals surface area contributed by atoms with Crippen molar-refractivity contribution in [2.24, 2.45) is 0 Å². The van der Waals surface area contributed by atoms with Crippen LogP contribution in [-0.4, -0.2) is 33.4 Å². The molecular weight excluding hydrogens is 260 g/mol. The van der Waals surface area contributed by atoms with Gasteiger partial charge in [0.1, 0.15) is 6.33 Å². The van der Waals surface area contributed by atoms with Gasteiger partial charge in [-0.25, -0.2) is 4.98 Å². The number of hydrogen-bond donors (Lipinski definition) is 2. The lowest BCUT2D eigenvalue weighted by Gasteiger charge is -2.12. The summed E-state index contributed by atoms with van der Waals surface area (Å²) in [5.41, 5.74) is 1.23. The molecule has 1 amide bonds. The van der Waals surface area contributed by atoms with E-state index in [0.29, 0.717) is 23.4 Å². The van der Waals surface area contributed by atoms with Crippen LogP contribution in [0, 0.1) is 0 Å². The molecule has 1 aromatic carbocycles. The van der Waals surface area contributed by atoms with E-state index >= 15 is 0 Å². The number of hydrogen-bond acceptors (Lipinski definition) is 4. The highest BCUT2D eigenvalue weighted by atomic mass is 32.2. The highest BCUT2D eigenvalue weighted by Crippen LogP contribution is 2.13. The van der Waals surface area contributed by atoms with Crippen LogP contribution < -0.4 is 5.32 Å². The first-order chi connectivity index (χ1) is 9.25. The predicted molar refractivity (Wildman–Crippen MR) is 75.0 cm³/mol. The molecule has 0 aliphatic carbocycles. The highest BCUT2D eigenvalue weighted by molar-refractivity contribution is 7.99. The minimum Gasteiger partial charge on any atom is -0.355 e. The van der Waals surface area contributed by atoms with Crippen LogP contribution in [0.1, 0.15) is 18.4 Å². The van der Waals surface area contributed by atoms with Gasteiger partial charge in [0.15, 0.2) is 5.16 Å². The number of carbonyl (C=O) groups is 1. The number of thioether (sulfide) groups is 1. The topological polar surface area (TPSA) is 70.7 Å². The lowest BCUT2D eigenvalue weighted by atomic mass is 10.0. The fraction of sp³-hybridized carbons (Fsp3) is 0.308. The second-order valence-corrected chi connectivity index (χ2v) is 5.16. The molecule has 0 spiro atoms. The zero-order chi connectivity index (χ0) is 13.5. The van der Waals surface area contributed by atoms with Crippen molar-refractivity contribution in [3.63, 3.8) is 0 Å². The zero-order valence-corrected chi connectivity index (χ0v) is 11.5. The Kier molecular flexibility index (Phi) is 4.97. The van der Waals surface area contributed by atoms with Gasteiger partial charge in [-0.2, -0.15) is 5.10 Å². The smallest absolute Gasteiger partial charge is 0.230 e.